The van der Waals surface area contributed by atoms with Crippen LogP contribution in [-0.2, 0) is 0 Å². The van der Waals surface area contributed by atoms with Gasteiger partial charge in [0.1, 0.15) is 0 Å². The SMILES string of the molecule is Nc1ccc2c(c1)[C@H](CO)c1ccccc1-2. The Bertz CT molecular complexity index is 548. The van der Waals surface area contributed by atoms with E-state index in [1.165, 1.54) is 16.7 Å². The summed E-state index contributed by atoms with van der Waals surface area (Å²) in [5, 5.41) is 9.51. The molecule has 1 aliphatic rings. The number of hydrogen-bond acceptors (Lipinski definition) is 2. The van der Waals surface area contributed by atoms with Crippen LogP contribution in [0.25, 0.3) is 11.1 Å². The van der Waals surface area contributed by atoms with Crippen molar-refractivity contribution in [2.45, 2.75) is 5.92 Å². The van der Waals surface area contributed by atoms with E-state index < -0.39 is 0 Å². The summed E-state index contributed by atoms with van der Waals surface area (Å²) in [6.07, 6.45) is 0. The van der Waals surface area contributed by atoms with Gasteiger partial charge < -0.3 is 10.8 Å². The Kier molecular flexibility index (Phi) is 1.98. The van der Waals surface area contributed by atoms with Gasteiger partial charge in [-0.25, -0.2) is 0 Å². The molecule has 0 saturated heterocycles. The van der Waals surface area contributed by atoms with E-state index in [1.54, 1.807) is 0 Å². The molecule has 0 saturated carbocycles. The van der Waals surface area contributed by atoms with Crippen molar-refractivity contribution in [2.75, 3.05) is 12.3 Å². The van der Waals surface area contributed by atoms with Gasteiger partial charge in [0.15, 0.2) is 0 Å². The van der Waals surface area contributed by atoms with Gasteiger partial charge in [-0.2, -0.15) is 0 Å². The van der Waals surface area contributed by atoms with E-state index in [0.717, 1.165) is 11.3 Å². The van der Waals surface area contributed by atoms with Crippen molar-refractivity contribution >= 4 is 5.69 Å². The molecule has 0 fully saturated rings. The van der Waals surface area contributed by atoms with Crippen molar-refractivity contribution in [3.63, 3.8) is 0 Å². The molecule has 0 unspecified atom stereocenters. The average molecular weight is 211 g/mol. The third-order valence-electron chi connectivity index (χ3n) is 3.26. The Morgan fingerprint density at radius 1 is 1.00 bits per heavy atom. The lowest BCUT2D eigenvalue weighted by Crippen LogP contribution is -2.02. The Morgan fingerprint density at radius 2 is 1.75 bits per heavy atom. The van der Waals surface area contributed by atoms with E-state index in [2.05, 4.69) is 12.1 Å². The van der Waals surface area contributed by atoms with Crippen molar-refractivity contribution in [2.24, 2.45) is 0 Å². The normalized spacial score (nSPS) is 16.9. The van der Waals surface area contributed by atoms with Crippen LogP contribution in [0, 0.1) is 0 Å². The topological polar surface area (TPSA) is 46.2 Å². The molecular weight excluding hydrogens is 198 g/mol. The van der Waals surface area contributed by atoms with Crippen LogP contribution in [0.1, 0.15) is 17.0 Å². The standard InChI is InChI=1S/C14H13NO/c15-9-5-6-12-10-3-1-2-4-11(10)14(8-16)13(12)7-9/h1-7,14,16H,8,15H2/t14-/m1/s1. The van der Waals surface area contributed by atoms with E-state index in [1.807, 2.05) is 30.3 Å². The van der Waals surface area contributed by atoms with Crippen LogP contribution >= 0.6 is 0 Å². The molecule has 1 atom stereocenters. The first-order valence-electron chi connectivity index (χ1n) is 5.41. The second-order valence-electron chi connectivity index (χ2n) is 4.17. The van der Waals surface area contributed by atoms with Crippen molar-refractivity contribution in [3.05, 3.63) is 53.6 Å². The summed E-state index contributed by atoms with van der Waals surface area (Å²) in [5.41, 5.74) is 11.3. The smallest absolute Gasteiger partial charge is 0.0540 e. The fraction of sp³-hybridized carbons (Fsp3) is 0.143. The highest BCUT2D eigenvalue weighted by molar-refractivity contribution is 5.80. The summed E-state index contributed by atoms with van der Waals surface area (Å²) in [6, 6.07) is 14.1. The van der Waals surface area contributed by atoms with Crippen molar-refractivity contribution in [3.8, 4) is 11.1 Å². The van der Waals surface area contributed by atoms with Gasteiger partial charge >= 0.3 is 0 Å². The first-order chi connectivity index (χ1) is 7.81. The number of nitrogens with two attached hydrogens (primary N) is 1. The van der Waals surface area contributed by atoms with Crippen LogP contribution in [0.15, 0.2) is 42.5 Å². The second-order valence-corrected chi connectivity index (χ2v) is 4.17. The summed E-state index contributed by atoms with van der Waals surface area (Å²) in [7, 11) is 0. The fourth-order valence-electron chi connectivity index (χ4n) is 2.53. The zero-order chi connectivity index (χ0) is 11.1. The molecule has 3 rings (SSSR count). The number of fused-ring (bicyclic) bond motifs is 3. The monoisotopic (exact) mass is 211 g/mol. The first kappa shape index (κ1) is 9.43. The van der Waals surface area contributed by atoms with Gasteiger partial charge in [0, 0.05) is 11.6 Å². The number of aliphatic hydroxyl groups excluding tert-OH is 1. The van der Waals surface area contributed by atoms with E-state index in [4.69, 9.17) is 5.73 Å². The molecule has 0 aromatic heterocycles. The number of benzene rings is 2. The highest BCUT2D eigenvalue weighted by Crippen LogP contribution is 2.44. The summed E-state index contributed by atoms with van der Waals surface area (Å²) in [6.45, 7) is 0.132. The van der Waals surface area contributed by atoms with Crippen LogP contribution in [0.4, 0.5) is 5.69 Å². The van der Waals surface area contributed by atoms with Crippen molar-refractivity contribution in [1.82, 2.24) is 0 Å². The number of hydrogen-bond donors (Lipinski definition) is 2. The lowest BCUT2D eigenvalue weighted by molar-refractivity contribution is 0.282. The predicted octanol–water partition coefficient (Wildman–Crippen LogP) is 2.37. The molecule has 0 spiro atoms. The predicted molar refractivity (Wildman–Crippen MR) is 65.2 cm³/mol. The maximum Gasteiger partial charge on any atom is 0.0540 e. The zero-order valence-electron chi connectivity index (χ0n) is 8.85. The molecule has 80 valence electrons. The van der Waals surface area contributed by atoms with Crippen LogP contribution in [0.3, 0.4) is 0 Å². The van der Waals surface area contributed by atoms with E-state index in [9.17, 15) is 5.11 Å². The Morgan fingerprint density at radius 3 is 2.56 bits per heavy atom. The maximum absolute atomic E-state index is 9.51. The largest absolute Gasteiger partial charge is 0.399 e. The molecule has 0 bridgehead atoms. The molecule has 0 radical (unpaired) electrons. The van der Waals surface area contributed by atoms with Gasteiger partial charge in [-0.3, -0.25) is 0 Å². The number of anilines is 1. The molecule has 3 N–H and O–H groups in total. The van der Waals surface area contributed by atoms with Crippen molar-refractivity contribution < 1.29 is 5.11 Å². The van der Waals surface area contributed by atoms with Crippen LogP contribution in [0.2, 0.25) is 0 Å². The third kappa shape index (κ3) is 1.17. The minimum Gasteiger partial charge on any atom is -0.399 e. The van der Waals surface area contributed by atoms with Gasteiger partial charge in [0.25, 0.3) is 0 Å². The van der Waals surface area contributed by atoms with Crippen LogP contribution in [-0.4, -0.2) is 11.7 Å². The highest BCUT2D eigenvalue weighted by atomic mass is 16.3. The van der Waals surface area contributed by atoms with Gasteiger partial charge in [0.2, 0.25) is 0 Å². The van der Waals surface area contributed by atoms with E-state index in [0.29, 0.717) is 0 Å². The highest BCUT2D eigenvalue weighted by Gasteiger charge is 2.27. The Hall–Kier alpha value is -1.80. The molecule has 16 heavy (non-hydrogen) atoms. The van der Waals surface area contributed by atoms with Gasteiger partial charge in [-0.15, -0.1) is 0 Å². The Balaban J connectivity index is 2.29. The minimum atomic E-state index is 0.0784. The van der Waals surface area contributed by atoms with Crippen LogP contribution < -0.4 is 5.73 Å². The fourth-order valence-corrected chi connectivity index (χ4v) is 2.53. The quantitative estimate of drug-likeness (QED) is 0.711. The Labute approximate surface area is 94.3 Å². The van der Waals surface area contributed by atoms with E-state index >= 15 is 0 Å². The zero-order valence-corrected chi connectivity index (χ0v) is 8.85. The maximum atomic E-state index is 9.51. The lowest BCUT2D eigenvalue weighted by Gasteiger charge is -2.09. The first-order valence-corrected chi connectivity index (χ1v) is 5.41. The minimum absolute atomic E-state index is 0.0784. The summed E-state index contributed by atoms with van der Waals surface area (Å²) < 4.78 is 0. The molecular formula is C14H13NO. The number of aliphatic hydroxyl groups is 1. The van der Waals surface area contributed by atoms with Crippen molar-refractivity contribution in [1.29, 1.82) is 0 Å². The van der Waals surface area contributed by atoms with E-state index in [-0.39, 0.29) is 12.5 Å². The summed E-state index contributed by atoms with van der Waals surface area (Å²) in [4.78, 5) is 0. The molecule has 2 aromatic rings. The number of rotatable bonds is 1. The third-order valence-corrected chi connectivity index (χ3v) is 3.26. The molecule has 2 nitrogen and oxygen atoms in total. The second kappa shape index (κ2) is 3.35. The lowest BCUT2D eigenvalue weighted by atomic mass is 9.98. The molecule has 2 aromatic carbocycles. The summed E-state index contributed by atoms with van der Waals surface area (Å²) >= 11 is 0. The van der Waals surface area contributed by atoms with Crippen LogP contribution in [0.5, 0.6) is 0 Å². The average Bonchev–Trinajstić information content (AvgIpc) is 2.61. The molecule has 2 heteroatoms. The van der Waals surface area contributed by atoms with Gasteiger partial charge in [-0.05, 0) is 34.4 Å². The molecule has 0 heterocycles. The molecule has 0 aliphatic heterocycles. The summed E-state index contributed by atoms with van der Waals surface area (Å²) in [5.74, 6) is 0.0784. The van der Waals surface area contributed by atoms with Gasteiger partial charge in [-0.1, -0.05) is 30.3 Å². The number of nitrogen functional groups attached to an aromatic ring is 1. The molecule has 1 aliphatic carbocycles. The molecule has 0 amide bonds. The van der Waals surface area contributed by atoms with Gasteiger partial charge in [0.05, 0.1) is 6.61 Å².